The lowest BCUT2D eigenvalue weighted by atomic mass is 9.84. The second-order valence-electron chi connectivity index (χ2n) is 5.47. The summed E-state index contributed by atoms with van der Waals surface area (Å²) in [5, 5.41) is 3.07. The largest absolute Gasteiger partial charge is 0.352 e. The first-order valence-electron chi connectivity index (χ1n) is 6.58. The van der Waals surface area contributed by atoms with Crippen LogP contribution < -0.4 is 11.1 Å². The molecule has 0 aliphatic heterocycles. The maximum Gasteiger partial charge on any atom is 0.237 e. The minimum absolute atomic E-state index is 0.00748. The van der Waals surface area contributed by atoms with Crippen molar-refractivity contribution in [2.45, 2.75) is 65.0 Å². The van der Waals surface area contributed by atoms with Gasteiger partial charge in [0.2, 0.25) is 5.91 Å². The smallest absolute Gasteiger partial charge is 0.237 e. The van der Waals surface area contributed by atoms with E-state index in [1.807, 2.05) is 13.8 Å². The highest BCUT2D eigenvalue weighted by atomic mass is 16.2. The van der Waals surface area contributed by atoms with Crippen LogP contribution in [-0.4, -0.2) is 18.0 Å². The van der Waals surface area contributed by atoms with Gasteiger partial charge in [-0.3, -0.25) is 4.79 Å². The number of rotatable bonds is 4. The van der Waals surface area contributed by atoms with Crippen LogP contribution in [0.5, 0.6) is 0 Å². The zero-order chi connectivity index (χ0) is 12.1. The fourth-order valence-electron chi connectivity index (χ4n) is 2.38. The van der Waals surface area contributed by atoms with Gasteiger partial charge in [0, 0.05) is 6.04 Å². The summed E-state index contributed by atoms with van der Waals surface area (Å²) in [6.07, 6.45) is 6.46. The van der Waals surface area contributed by atoms with Gasteiger partial charge in [0.05, 0.1) is 6.04 Å². The molecular weight excluding hydrogens is 200 g/mol. The van der Waals surface area contributed by atoms with Gasteiger partial charge < -0.3 is 11.1 Å². The van der Waals surface area contributed by atoms with Crippen LogP contribution in [0.1, 0.15) is 52.9 Å². The van der Waals surface area contributed by atoms with Gasteiger partial charge in [-0.05, 0) is 31.6 Å². The Morgan fingerprint density at radius 3 is 2.25 bits per heavy atom. The summed E-state index contributed by atoms with van der Waals surface area (Å²) < 4.78 is 0. The van der Waals surface area contributed by atoms with E-state index < -0.39 is 0 Å². The molecule has 1 aliphatic carbocycles. The van der Waals surface area contributed by atoms with E-state index in [9.17, 15) is 4.79 Å². The molecule has 0 aromatic rings. The number of hydrogen-bond acceptors (Lipinski definition) is 2. The summed E-state index contributed by atoms with van der Waals surface area (Å²) in [5.74, 6) is 0.865. The Balaban J connectivity index is 2.37. The lowest BCUT2D eigenvalue weighted by molar-refractivity contribution is -0.124. The van der Waals surface area contributed by atoms with Crippen molar-refractivity contribution in [3.8, 4) is 0 Å². The predicted octanol–water partition coefficient (Wildman–Crippen LogP) is 2.05. The van der Waals surface area contributed by atoms with E-state index in [-0.39, 0.29) is 23.9 Å². The van der Waals surface area contributed by atoms with Gasteiger partial charge in [0.1, 0.15) is 0 Å². The molecule has 1 amide bonds. The molecule has 0 saturated heterocycles. The third-order valence-corrected chi connectivity index (χ3v) is 3.75. The molecule has 16 heavy (non-hydrogen) atoms. The topological polar surface area (TPSA) is 55.1 Å². The molecule has 1 saturated carbocycles. The lowest BCUT2D eigenvalue weighted by Crippen LogP contribution is -2.49. The number of hydrogen-bond donors (Lipinski definition) is 2. The van der Waals surface area contributed by atoms with Crippen LogP contribution in [0.2, 0.25) is 0 Å². The second kappa shape index (κ2) is 6.24. The number of carbonyl (C=O) groups is 1. The van der Waals surface area contributed by atoms with Gasteiger partial charge in [0.25, 0.3) is 0 Å². The molecule has 1 rings (SSSR count). The Hall–Kier alpha value is -0.570. The van der Waals surface area contributed by atoms with Crippen LogP contribution >= 0.6 is 0 Å². The third-order valence-electron chi connectivity index (χ3n) is 3.75. The average molecular weight is 226 g/mol. The predicted molar refractivity (Wildman–Crippen MR) is 67.0 cm³/mol. The molecule has 3 heteroatoms. The van der Waals surface area contributed by atoms with Gasteiger partial charge in [-0.1, -0.05) is 33.1 Å². The summed E-state index contributed by atoms with van der Waals surface area (Å²) in [6, 6.07) is -0.0939. The van der Waals surface area contributed by atoms with E-state index >= 15 is 0 Å². The van der Waals surface area contributed by atoms with Gasteiger partial charge in [0.15, 0.2) is 0 Å². The number of nitrogens with one attached hydrogen (secondary N) is 1. The van der Waals surface area contributed by atoms with Crippen LogP contribution in [0.15, 0.2) is 0 Å². The molecule has 94 valence electrons. The molecule has 3 N–H and O–H groups in total. The highest BCUT2D eigenvalue weighted by Crippen LogP contribution is 2.26. The number of amides is 1. The molecule has 0 aromatic heterocycles. The van der Waals surface area contributed by atoms with Crippen LogP contribution in [0.4, 0.5) is 0 Å². The van der Waals surface area contributed by atoms with Gasteiger partial charge in [-0.25, -0.2) is 0 Å². The van der Waals surface area contributed by atoms with E-state index in [0.29, 0.717) is 5.92 Å². The maximum atomic E-state index is 11.8. The quantitative estimate of drug-likeness (QED) is 0.771. The average Bonchev–Trinajstić information content (AvgIpc) is 2.28. The first kappa shape index (κ1) is 13.5. The summed E-state index contributed by atoms with van der Waals surface area (Å²) in [4.78, 5) is 11.8. The Morgan fingerprint density at radius 2 is 1.75 bits per heavy atom. The monoisotopic (exact) mass is 226 g/mol. The van der Waals surface area contributed by atoms with Crippen molar-refractivity contribution in [2.24, 2.45) is 17.6 Å². The van der Waals surface area contributed by atoms with Crippen molar-refractivity contribution >= 4 is 5.91 Å². The Morgan fingerprint density at radius 1 is 1.19 bits per heavy atom. The molecule has 2 atom stereocenters. The summed E-state index contributed by atoms with van der Waals surface area (Å²) >= 11 is 0. The first-order chi connectivity index (χ1) is 7.52. The second-order valence-corrected chi connectivity index (χ2v) is 5.47. The third kappa shape index (κ3) is 3.78. The van der Waals surface area contributed by atoms with Crippen molar-refractivity contribution in [1.29, 1.82) is 0 Å². The Labute approximate surface area is 99.2 Å². The molecule has 0 spiro atoms. The van der Waals surface area contributed by atoms with E-state index in [0.717, 1.165) is 0 Å². The van der Waals surface area contributed by atoms with Crippen molar-refractivity contribution in [3.63, 3.8) is 0 Å². The van der Waals surface area contributed by atoms with Crippen LogP contribution in [0.25, 0.3) is 0 Å². The van der Waals surface area contributed by atoms with Crippen molar-refractivity contribution < 1.29 is 4.79 Å². The van der Waals surface area contributed by atoms with Crippen LogP contribution in [-0.2, 0) is 4.79 Å². The minimum atomic E-state index is -0.369. The normalized spacial score (nSPS) is 21.8. The molecule has 1 aliphatic rings. The standard InChI is InChI=1S/C13H26N2O/c1-9(2)12(14)13(16)15-10(3)11-7-5-4-6-8-11/h9-12H,4-8,14H2,1-3H3,(H,15,16)/t10?,12-/m1/s1. The number of nitrogens with two attached hydrogens (primary N) is 1. The van der Waals surface area contributed by atoms with Crippen LogP contribution in [0, 0.1) is 11.8 Å². The van der Waals surface area contributed by atoms with Gasteiger partial charge in [-0.2, -0.15) is 0 Å². The molecule has 1 fully saturated rings. The fraction of sp³-hybridized carbons (Fsp3) is 0.923. The molecular formula is C13H26N2O. The molecule has 1 unspecified atom stereocenters. The summed E-state index contributed by atoms with van der Waals surface area (Å²) in [6.45, 7) is 6.08. The first-order valence-corrected chi connectivity index (χ1v) is 6.58. The van der Waals surface area contributed by atoms with Crippen molar-refractivity contribution in [2.75, 3.05) is 0 Å². The Kier molecular flexibility index (Phi) is 5.26. The number of carbonyl (C=O) groups excluding carboxylic acids is 1. The van der Waals surface area contributed by atoms with E-state index in [4.69, 9.17) is 5.73 Å². The van der Waals surface area contributed by atoms with E-state index in [1.54, 1.807) is 0 Å². The molecule has 0 radical (unpaired) electrons. The highest BCUT2D eigenvalue weighted by Gasteiger charge is 2.24. The molecule has 3 nitrogen and oxygen atoms in total. The SMILES string of the molecule is CC(NC(=O)[C@H](N)C(C)C)C1CCCCC1. The minimum Gasteiger partial charge on any atom is -0.352 e. The summed E-state index contributed by atoms with van der Waals surface area (Å²) in [5.41, 5.74) is 5.83. The van der Waals surface area contributed by atoms with E-state index in [2.05, 4.69) is 12.2 Å². The molecule has 0 aromatic carbocycles. The van der Waals surface area contributed by atoms with Crippen molar-refractivity contribution in [1.82, 2.24) is 5.32 Å². The summed E-state index contributed by atoms with van der Waals surface area (Å²) in [7, 11) is 0. The van der Waals surface area contributed by atoms with E-state index in [1.165, 1.54) is 32.1 Å². The van der Waals surface area contributed by atoms with Crippen molar-refractivity contribution in [3.05, 3.63) is 0 Å². The maximum absolute atomic E-state index is 11.8. The molecule has 0 bridgehead atoms. The highest BCUT2D eigenvalue weighted by molar-refractivity contribution is 5.81. The van der Waals surface area contributed by atoms with Crippen LogP contribution in [0.3, 0.4) is 0 Å². The van der Waals surface area contributed by atoms with Gasteiger partial charge in [-0.15, -0.1) is 0 Å². The molecule has 0 heterocycles. The zero-order valence-electron chi connectivity index (χ0n) is 10.8. The fourth-order valence-corrected chi connectivity index (χ4v) is 2.38. The Bertz CT molecular complexity index is 222. The van der Waals surface area contributed by atoms with Gasteiger partial charge >= 0.3 is 0 Å². The lowest BCUT2D eigenvalue weighted by Gasteiger charge is -2.29. The zero-order valence-corrected chi connectivity index (χ0v) is 10.8.